The number of nitrogens with one attached hydrogen (secondary N) is 3. The summed E-state index contributed by atoms with van der Waals surface area (Å²) in [5.41, 5.74) is 2.89. The van der Waals surface area contributed by atoms with Gasteiger partial charge in [-0.05, 0) is 38.8 Å². The zero-order chi connectivity index (χ0) is 22.3. The Morgan fingerprint density at radius 2 is 2.03 bits per heavy atom. The molecule has 0 amide bonds. The van der Waals surface area contributed by atoms with Crippen molar-refractivity contribution in [3.63, 3.8) is 0 Å². The molecule has 2 fully saturated rings. The molecule has 1 aromatic carbocycles. The number of halogens is 1. The van der Waals surface area contributed by atoms with Gasteiger partial charge >= 0.3 is 6.01 Å². The highest BCUT2D eigenvalue weighted by molar-refractivity contribution is 6.17. The molecule has 3 atom stereocenters. The first-order chi connectivity index (χ1) is 16.1. The minimum atomic E-state index is -0.197. The number of nitrogens with zero attached hydrogens (tertiary/aromatic N) is 5. The van der Waals surface area contributed by atoms with Crippen LogP contribution in [-0.4, -0.2) is 56.6 Å². The minimum Gasteiger partial charge on any atom is -0.421 e. The Bertz CT molecular complexity index is 1420. The molecule has 168 valence electrons. The third-order valence-electron chi connectivity index (χ3n) is 7.24. The van der Waals surface area contributed by atoms with E-state index in [9.17, 15) is 0 Å². The fraction of sp³-hybridized carbons (Fsp3) is 0.391. The molecule has 33 heavy (non-hydrogen) atoms. The van der Waals surface area contributed by atoms with E-state index in [1.165, 1.54) is 0 Å². The number of fused-ring (bicyclic) bond motifs is 5. The van der Waals surface area contributed by atoms with E-state index in [-0.39, 0.29) is 17.9 Å². The van der Waals surface area contributed by atoms with Crippen molar-refractivity contribution in [1.29, 1.82) is 0 Å². The summed E-state index contributed by atoms with van der Waals surface area (Å²) in [5, 5.41) is 8.49. The Morgan fingerprint density at radius 1 is 1.18 bits per heavy atom. The number of aromatic nitrogens is 5. The lowest BCUT2D eigenvalue weighted by Crippen LogP contribution is -2.75. The van der Waals surface area contributed by atoms with Gasteiger partial charge in [-0.3, -0.25) is 0 Å². The maximum absolute atomic E-state index is 15.4. The number of hydrogen-bond donors (Lipinski definition) is 3. The van der Waals surface area contributed by atoms with Crippen LogP contribution in [-0.2, 0) is 6.42 Å². The van der Waals surface area contributed by atoms with E-state index in [1.54, 1.807) is 25.5 Å². The SMILES string of the molecule is CNc1cc(F)c2c3c1[nH]c1nc(Oc4cnc(C)nc4)nc(c13)N1C3CCCNC3C1C2. The van der Waals surface area contributed by atoms with Gasteiger partial charge in [0.15, 0.2) is 5.75 Å². The number of rotatable bonds is 3. The molecule has 0 spiro atoms. The summed E-state index contributed by atoms with van der Waals surface area (Å²) in [6.07, 6.45) is 6.02. The van der Waals surface area contributed by atoms with Crippen molar-refractivity contribution in [2.75, 3.05) is 23.8 Å². The van der Waals surface area contributed by atoms with E-state index in [4.69, 9.17) is 9.72 Å². The monoisotopic (exact) mass is 446 g/mol. The number of piperidine rings is 1. The molecule has 0 aliphatic carbocycles. The fourth-order valence-corrected chi connectivity index (χ4v) is 5.80. The highest BCUT2D eigenvalue weighted by atomic mass is 19.1. The Hall–Kier alpha value is -3.53. The van der Waals surface area contributed by atoms with Gasteiger partial charge in [0.2, 0.25) is 0 Å². The molecule has 2 saturated heterocycles. The van der Waals surface area contributed by atoms with Crippen LogP contribution in [0.4, 0.5) is 15.9 Å². The van der Waals surface area contributed by atoms with Crippen molar-refractivity contribution >= 4 is 33.4 Å². The first-order valence-corrected chi connectivity index (χ1v) is 11.3. The van der Waals surface area contributed by atoms with Crippen LogP contribution in [0.15, 0.2) is 18.5 Å². The molecule has 3 N–H and O–H groups in total. The normalized spacial score (nSPS) is 23.2. The molecule has 3 aromatic heterocycles. The highest BCUT2D eigenvalue weighted by Gasteiger charge is 2.52. The Kier molecular flexibility index (Phi) is 3.88. The number of ether oxygens (including phenoxy) is 1. The van der Waals surface area contributed by atoms with Crippen LogP contribution in [0.25, 0.3) is 21.9 Å². The Balaban J connectivity index is 1.47. The van der Waals surface area contributed by atoms with Crippen molar-refractivity contribution in [2.24, 2.45) is 0 Å². The van der Waals surface area contributed by atoms with Gasteiger partial charge in [-0.2, -0.15) is 9.97 Å². The first kappa shape index (κ1) is 19.0. The molecule has 0 bridgehead atoms. The maximum Gasteiger partial charge on any atom is 0.326 e. The van der Waals surface area contributed by atoms with Gasteiger partial charge in [-0.25, -0.2) is 14.4 Å². The van der Waals surface area contributed by atoms with Gasteiger partial charge < -0.3 is 25.3 Å². The highest BCUT2D eigenvalue weighted by Crippen LogP contribution is 2.48. The van der Waals surface area contributed by atoms with Gasteiger partial charge in [0.05, 0.1) is 35.0 Å². The lowest BCUT2D eigenvalue weighted by atomic mass is 9.78. The van der Waals surface area contributed by atoms with Crippen LogP contribution >= 0.6 is 0 Å². The summed E-state index contributed by atoms with van der Waals surface area (Å²) in [4.78, 5) is 23.7. The largest absolute Gasteiger partial charge is 0.421 e. The summed E-state index contributed by atoms with van der Waals surface area (Å²) in [6, 6.07) is 2.57. The number of aromatic amines is 1. The maximum atomic E-state index is 15.4. The van der Waals surface area contributed by atoms with Crippen molar-refractivity contribution in [3.8, 4) is 11.8 Å². The number of anilines is 2. The van der Waals surface area contributed by atoms with E-state index in [1.807, 2.05) is 6.92 Å². The van der Waals surface area contributed by atoms with Crippen molar-refractivity contribution < 1.29 is 9.13 Å². The summed E-state index contributed by atoms with van der Waals surface area (Å²) < 4.78 is 21.3. The second-order valence-corrected chi connectivity index (χ2v) is 9.00. The quantitative estimate of drug-likeness (QED) is 0.441. The van der Waals surface area contributed by atoms with Crippen molar-refractivity contribution in [1.82, 2.24) is 30.2 Å². The van der Waals surface area contributed by atoms with Gasteiger partial charge in [0.25, 0.3) is 0 Å². The molecular weight excluding hydrogens is 423 g/mol. The molecule has 0 radical (unpaired) electrons. The molecule has 9 nitrogen and oxygen atoms in total. The predicted molar refractivity (Wildman–Crippen MR) is 123 cm³/mol. The van der Waals surface area contributed by atoms with E-state index in [0.29, 0.717) is 41.4 Å². The molecule has 10 heteroatoms. The van der Waals surface area contributed by atoms with E-state index < -0.39 is 0 Å². The standard InChI is InChI=1S/C23H23FN8O/c1-10-27-8-11(9-28-10)33-23-30-21-18-17-12(13(24)7-14(25-2)19(17)29-21)6-16-20-15(4-3-5-26-20)32(16)22(18)31-23/h7-9,15-16,20,25-26H,3-6H2,1-2H3,(H,29,30,31). The summed E-state index contributed by atoms with van der Waals surface area (Å²) in [5.74, 6) is 1.74. The first-order valence-electron chi connectivity index (χ1n) is 11.3. The molecule has 4 aromatic rings. The van der Waals surface area contributed by atoms with Gasteiger partial charge in [0.1, 0.15) is 23.1 Å². The Labute approximate surface area is 188 Å². The molecule has 0 saturated carbocycles. The molecule has 3 unspecified atom stereocenters. The summed E-state index contributed by atoms with van der Waals surface area (Å²) in [6.45, 7) is 2.81. The minimum absolute atomic E-state index is 0.134. The van der Waals surface area contributed by atoms with E-state index in [2.05, 4.69) is 35.5 Å². The van der Waals surface area contributed by atoms with Crippen LogP contribution in [0.5, 0.6) is 11.8 Å². The van der Waals surface area contributed by atoms with Crippen LogP contribution in [0, 0.1) is 12.7 Å². The lowest BCUT2D eigenvalue weighted by molar-refractivity contribution is 0.187. The molecule has 7 rings (SSSR count). The third kappa shape index (κ3) is 2.61. The van der Waals surface area contributed by atoms with Crippen molar-refractivity contribution in [3.05, 3.63) is 35.7 Å². The molecule has 3 aliphatic heterocycles. The predicted octanol–water partition coefficient (Wildman–Crippen LogP) is 3.05. The zero-order valence-corrected chi connectivity index (χ0v) is 18.3. The second-order valence-electron chi connectivity index (χ2n) is 9.00. The van der Waals surface area contributed by atoms with Crippen molar-refractivity contribution in [2.45, 2.75) is 44.3 Å². The van der Waals surface area contributed by atoms with E-state index in [0.717, 1.165) is 47.1 Å². The second kappa shape index (κ2) is 6.74. The molecule has 3 aliphatic rings. The summed E-state index contributed by atoms with van der Waals surface area (Å²) in [7, 11) is 1.79. The van der Waals surface area contributed by atoms with Gasteiger partial charge in [-0.15, -0.1) is 0 Å². The Morgan fingerprint density at radius 3 is 2.85 bits per heavy atom. The smallest absolute Gasteiger partial charge is 0.326 e. The topological polar surface area (TPSA) is 104 Å². The number of hydrogen-bond acceptors (Lipinski definition) is 8. The van der Waals surface area contributed by atoms with Crippen LogP contribution in [0.1, 0.15) is 24.2 Å². The number of H-pyrrole nitrogens is 1. The van der Waals surface area contributed by atoms with Crippen LogP contribution in [0.3, 0.4) is 0 Å². The summed E-state index contributed by atoms with van der Waals surface area (Å²) >= 11 is 0. The van der Waals surface area contributed by atoms with Crippen LogP contribution in [0.2, 0.25) is 0 Å². The van der Waals surface area contributed by atoms with Crippen LogP contribution < -0.4 is 20.3 Å². The molecule has 6 heterocycles. The third-order valence-corrected chi connectivity index (χ3v) is 7.24. The zero-order valence-electron chi connectivity index (χ0n) is 18.3. The van der Waals surface area contributed by atoms with E-state index >= 15 is 4.39 Å². The fourth-order valence-electron chi connectivity index (χ4n) is 5.80. The average molecular weight is 446 g/mol. The number of benzene rings is 1. The lowest BCUT2D eigenvalue weighted by Gasteiger charge is -2.58. The number of aryl methyl sites for hydroxylation is 1. The molecular formula is C23H23FN8O. The average Bonchev–Trinajstić information content (AvgIpc) is 3.13. The van der Waals surface area contributed by atoms with Gasteiger partial charge in [0, 0.05) is 30.1 Å². The van der Waals surface area contributed by atoms with Gasteiger partial charge in [-0.1, -0.05) is 0 Å².